The molecule has 3 heterocycles. The third-order valence-electron chi connectivity index (χ3n) is 5.99. The summed E-state index contributed by atoms with van der Waals surface area (Å²) in [7, 11) is 0. The van der Waals surface area contributed by atoms with Crippen molar-refractivity contribution in [2.45, 2.75) is 44.3 Å². The number of rotatable bonds is 5. The van der Waals surface area contributed by atoms with E-state index in [2.05, 4.69) is 34.7 Å². The van der Waals surface area contributed by atoms with Crippen LogP contribution in [0.4, 0.5) is 4.39 Å². The molecule has 1 aromatic carbocycles. The molecule has 3 aliphatic rings. The molecule has 1 aromatic rings. The van der Waals surface area contributed by atoms with Gasteiger partial charge >= 0.3 is 0 Å². The van der Waals surface area contributed by atoms with Crippen LogP contribution in [0.5, 0.6) is 0 Å². The van der Waals surface area contributed by atoms with Crippen LogP contribution in [0.3, 0.4) is 0 Å². The Hall–Kier alpha value is -1.90. The van der Waals surface area contributed by atoms with Crippen LogP contribution in [-0.2, 0) is 9.59 Å². The number of likely N-dealkylation sites (tertiary alicyclic amines) is 1. The first-order valence-corrected chi connectivity index (χ1v) is 11.6. The maximum Gasteiger partial charge on any atom is 0.237 e. The summed E-state index contributed by atoms with van der Waals surface area (Å²) in [5.74, 6) is 0.268. The van der Waals surface area contributed by atoms with Crippen LogP contribution >= 0.6 is 11.8 Å². The summed E-state index contributed by atoms with van der Waals surface area (Å²) in [6, 6.07) is 6.45. The van der Waals surface area contributed by atoms with Gasteiger partial charge in [-0.25, -0.2) is 4.39 Å². The first kappa shape index (κ1) is 21.3. The van der Waals surface area contributed by atoms with Crippen LogP contribution < -0.4 is 16.0 Å². The number of halogens is 1. The van der Waals surface area contributed by atoms with E-state index in [1.54, 1.807) is 12.1 Å². The molecule has 3 aliphatic heterocycles. The second kappa shape index (κ2) is 9.08. The maximum atomic E-state index is 14.4. The number of hydrogen-bond acceptors (Lipinski definition) is 5. The predicted octanol–water partition coefficient (Wildman–Crippen LogP) is 2.14. The van der Waals surface area contributed by atoms with Gasteiger partial charge in [-0.3, -0.25) is 19.8 Å². The van der Waals surface area contributed by atoms with Crippen LogP contribution in [0, 0.1) is 17.7 Å². The first-order chi connectivity index (χ1) is 14.4. The minimum absolute atomic E-state index is 0.0166. The van der Waals surface area contributed by atoms with E-state index in [0.29, 0.717) is 18.0 Å². The average Bonchev–Trinajstić information content (AvgIpc) is 3.17. The highest BCUT2D eigenvalue weighted by molar-refractivity contribution is 8.04. The van der Waals surface area contributed by atoms with Crippen molar-refractivity contribution < 1.29 is 14.0 Å². The second-order valence-electron chi connectivity index (χ2n) is 8.61. The molecule has 2 saturated heterocycles. The topological polar surface area (TPSA) is 73.5 Å². The number of nitrogens with zero attached hydrogens (tertiary/aromatic N) is 1. The number of piperidine rings is 1. The molecule has 6 nitrogen and oxygen atoms in total. The Bertz CT molecular complexity index is 838. The quantitative estimate of drug-likeness (QED) is 0.665. The number of nitrogens with one attached hydrogen (secondary N) is 3. The molecule has 30 heavy (non-hydrogen) atoms. The fourth-order valence-electron chi connectivity index (χ4n) is 4.27. The summed E-state index contributed by atoms with van der Waals surface area (Å²) in [5.41, 5.74) is 1.37. The van der Waals surface area contributed by atoms with Crippen molar-refractivity contribution in [3.63, 3.8) is 0 Å². The molecule has 2 fully saturated rings. The Kier molecular flexibility index (Phi) is 6.46. The monoisotopic (exact) mass is 432 g/mol. The molecule has 3 atom stereocenters. The van der Waals surface area contributed by atoms with E-state index >= 15 is 0 Å². The molecule has 0 radical (unpaired) electrons. The lowest BCUT2D eigenvalue weighted by molar-refractivity contribution is -0.129. The van der Waals surface area contributed by atoms with Crippen molar-refractivity contribution >= 4 is 29.1 Å². The summed E-state index contributed by atoms with van der Waals surface area (Å²) < 4.78 is 14.4. The van der Waals surface area contributed by atoms with Crippen molar-refractivity contribution in [2.24, 2.45) is 11.8 Å². The lowest BCUT2D eigenvalue weighted by Gasteiger charge is -2.43. The Labute approximate surface area is 181 Å². The van der Waals surface area contributed by atoms with Gasteiger partial charge in [0, 0.05) is 31.1 Å². The van der Waals surface area contributed by atoms with E-state index in [-0.39, 0.29) is 41.1 Å². The number of fused-ring (bicyclic) bond motifs is 1. The van der Waals surface area contributed by atoms with Gasteiger partial charge in [0.15, 0.2) is 0 Å². The Morgan fingerprint density at radius 2 is 2.03 bits per heavy atom. The normalized spacial score (nSPS) is 27.5. The van der Waals surface area contributed by atoms with E-state index in [1.165, 1.54) is 17.8 Å². The molecular formula is C22H29FN4O2S. The van der Waals surface area contributed by atoms with Crippen molar-refractivity contribution in [1.82, 2.24) is 20.9 Å². The molecule has 0 aromatic heterocycles. The SMILES string of the molecule is CC(C)CNC(=O)C1CCN(C2NC(=O)C3SC=C(c4ccccc4F)C3N2)CC1. The standard InChI is InChI=1S/C22H29FN4O2S/c1-13(2)11-24-20(28)14-7-9-27(10-8-14)22-25-18-16(12-30-19(18)21(29)26-22)15-5-3-4-6-17(15)23/h3-6,12-14,18-19,22,25H,7-11H2,1-2H3,(H,24,28)(H,26,29). The number of thioether (sulfide) groups is 1. The van der Waals surface area contributed by atoms with Crippen LogP contribution in [0.15, 0.2) is 29.7 Å². The van der Waals surface area contributed by atoms with E-state index < -0.39 is 0 Å². The minimum atomic E-state index is -0.313. The van der Waals surface area contributed by atoms with Gasteiger partial charge in [0.1, 0.15) is 17.4 Å². The van der Waals surface area contributed by atoms with Crippen LogP contribution in [-0.4, -0.2) is 53.9 Å². The first-order valence-electron chi connectivity index (χ1n) is 10.6. The number of hydrogen-bond donors (Lipinski definition) is 3. The van der Waals surface area contributed by atoms with Gasteiger partial charge in [-0.05, 0) is 35.8 Å². The molecule has 3 N–H and O–H groups in total. The lowest BCUT2D eigenvalue weighted by Crippen LogP contribution is -2.68. The lowest BCUT2D eigenvalue weighted by atomic mass is 9.94. The van der Waals surface area contributed by atoms with Gasteiger partial charge in [-0.1, -0.05) is 32.0 Å². The van der Waals surface area contributed by atoms with Crippen LogP contribution in [0.25, 0.3) is 5.57 Å². The fraction of sp³-hybridized carbons (Fsp3) is 0.545. The van der Waals surface area contributed by atoms with E-state index in [9.17, 15) is 14.0 Å². The molecule has 0 saturated carbocycles. The van der Waals surface area contributed by atoms with E-state index in [0.717, 1.165) is 31.5 Å². The zero-order valence-corrected chi connectivity index (χ0v) is 18.2. The largest absolute Gasteiger partial charge is 0.356 e. The minimum Gasteiger partial charge on any atom is -0.356 e. The van der Waals surface area contributed by atoms with Crippen molar-refractivity contribution in [1.29, 1.82) is 0 Å². The van der Waals surface area contributed by atoms with Gasteiger partial charge in [0.2, 0.25) is 11.8 Å². The predicted molar refractivity (Wildman–Crippen MR) is 117 cm³/mol. The third kappa shape index (κ3) is 4.40. The molecule has 0 bridgehead atoms. The number of carbonyl (C=O) groups excluding carboxylic acids is 2. The number of carbonyl (C=O) groups is 2. The Morgan fingerprint density at radius 3 is 2.73 bits per heavy atom. The van der Waals surface area contributed by atoms with Crippen LogP contribution in [0.2, 0.25) is 0 Å². The Balaban J connectivity index is 1.39. The highest BCUT2D eigenvalue weighted by Crippen LogP contribution is 2.39. The zero-order chi connectivity index (χ0) is 21.3. The van der Waals surface area contributed by atoms with Gasteiger partial charge in [0.25, 0.3) is 0 Å². The van der Waals surface area contributed by atoms with Gasteiger partial charge in [-0.2, -0.15) is 0 Å². The molecule has 0 spiro atoms. The summed E-state index contributed by atoms with van der Waals surface area (Å²) in [5, 5.41) is 11.2. The summed E-state index contributed by atoms with van der Waals surface area (Å²) >= 11 is 1.43. The molecule has 162 valence electrons. The zero-order valence-electron chi connectivity index (χ0n) is 17.4. The maximum absolute atomic E-state index is 14.4. The van der Waals surface area contributed by atoms with Crippen LogP contribution in [0.1, 0.15) is 32.3 Å². The summed E-state index contributed by atoms with van der Waals surface area (Å²) in [4.78, 5) is 27.2. The molecule has 4 rings (SSSR count). The highest BCUT2D eigenvalue weighted by Gasteiger charge is 2.44. The average molecular weight is 433 g/mol. The fourth-order valence-corrected chi connectivity index (χ4v) is 5.41. The molecule has 0 aliphatic carbocycles. The second-order valence-corrected chi connectivity index (χ2v) is 9.63. The molecular weight excluding hydrogens is 403 g/mol. The van der Waals surface area contributed by atoms with Crippen molar-refractivity contribution in [2.75, 3.05) is 19.6 Å². The number of benzene rings is 1. The van der Waals surface area contributed by atoms with Gasteiger partial charge in [-0.15, -0.1) is 11.8 Å². The van der Waals surface area contributed by atoms with Gasteiger partial charge < -0.3 is 10.6 Å². The smallest absolute Gasteiger partial charge is 0.237 e. The van der Waals surface area contributed by atoms with Crippen molar-refractivity contribution in [3.8, 4) is 0 Å². The summed E-state index contributed by atoms with van der Waals surface area (Å²) in [6.45, 7) is 6.31. The highest BCUT2D eigenvalue weighted by atomic mass is 32.2. The number of amides is 2. The molecule has 3 unspecified atom stereocenters. The molecule has 8 heteroatoms. The summed E-state index contributed by atoms with van der Waals surface area (Å²) in [6.07, 6.45) is 1.21. The van der Waals surface area contributed by atoms with Crippen molar-refractivity contribution in [3.05, 3.63) is 41.1 Å². The van der Waals surface area contributed by atoms with E-state index in [1.807, 2.05) is 11.5 Å². The molecule has 2 amide bonds. The van der Waals surface area contributed by atoms with Gasteiger partial charge in [0.05, 0.1) is 6.04 Å². The third-order valence-corrected chi connectivity index (χ3v) is 7.16. The van der Waals surface area contributed by atoms with E-state index in [4.69, 9.17) is 0 Å². The Morgan fingerprint density at radius 1 is 1.30 bits per heavy atom.